The number of amides is 1. The molecular formula is C87H127NO18. The van der Waals surface area contributed by atoms with Gasteiger partial charge in [-0.3, -0.25) is 4.79 Å². The van der Waals surface area contributed by atoms with Gasteiger partial charge in [0.25, 0.3) is 0 Å². The molecule has 5 aliphatic heterocycles. The Hall–Kier alpha value is -5.84. The number of nitrogens with zero attached hydrogens (tertiary/aromatic N) is 1. The summed E-state index contributed by atoms with van der Waals surface area (Å²) in [6.45, 7) is 41.0. The third kappa shape index (κ3) is 20.6. The van der Waals surface area contributed by atoms with Crippen LogP contribution in [0.2, 0.25) is 0 Å². The topological polar surface area (TPSA) is 201 Å². The maximum Gasteiger partial charge on any atom is 0.410 e. The van der Waals surface area contributed by atoms with Gasteiger partial charge in [-0.25, -0.2) is 14.4 Å². The van der Waals surface area contributed by atoms with Crippen molar-refractivity contribution in [3.05, 3.63) is 144 Å². The lowest BCUT2D eigenvalue weighted by molar-refractivity contribution is -0.385. The Kier molecular flexibility index (Phi) is 31.5. The second kappa shape index (κ2) is 39.7. The minimum atomic E-state index is -1.24. The van der Waals surface area contributed by atoms with Crippen molar-refractivity contribution in [1.82, 2.24) is 4.90 Å². The van der Waals surface area contributed by atoms with E-state index >= 15 is 0 Å². The lowest BCUT2D eigenvalue weighted by Crippen LogP contribution is -2.63. The van der Waals surface area contributed by atoms with Crippen LogP contribution in [0.1, 0.15) is 202 Å². The Morgan fingerprint density at radius 3 is 1.23 bits per heavy atom. The summed E-state index contributed by atoms with van der Waals surface area (Å²) in [4.78, 5) is 58.1. The molecule has 106 heavy (non-hydrogen) atoms. The van der Waals surface area contributed by atoms with Crippen molar-refractivity contribution in [3.8, 4) is 0 Å². The van der Waals surface area contributed by atoms with Crippen molar-refractivity contribution in [2.45, 2.75) is 288 Å². The Balaban J connectivity index is 1.03. The van der Waals surface area contributed by atoms with Gasteiger partial charge < -0.3 is 71.2 Å². The normalized spacial score (nSPS) is 34.8. The van der Waals surface area contributed by atoms with Crippen LogP contribution < -0.4 is 0 Å². The summed E-state index contributed by atoms with van der Waals surface area (Å²) in [6, 6.07) is 37.3. The first kappa shape index (κ1) is 84.2. The van der Waals surface area contributed by atoms with Gasteiger partial charge >= 0.3 is 24.0 Å². The van der Waals surface area contributed by atoms with Crippen molar-refractivity contribution in [3.63, 3.8) is 0 Å². The van der Waals surface area contributed by atoms with Gasteiger partial charge in [0, 0.05) is 37.8 Å². The second-order valence-electron chi connectivity index (χ2n) is 31.7. The van der Waals surface area contributed by atoms with E-state index in [1.54, 1.807) is 53.4 Å². The first-order valence-electron chi connectivity index (χ1n) is 40.0. The third-order valence-electron chi connectivity index (χ3n) is 24.7. The molecule has 588 valence electrons. The van der Waals surface area contributed by atoms with Crippen molar-refractivity contribution >= 4 is 24.0 Å². The van der Waals surface area contributed by atoms with Crippen LogP contribution in [0.15, 0.2) is 121 Å². The molecule has 19 heteroatoms. The zero-order chi connectivity index (χ0) is 76.6. The van der Waals surface area contributed by atoms with E-state index in [1.165, 1.54) is 6.92 Å². The highest BCUT2D eigenvalue weighted by Gasteiger charge is 2.58. The Morgan fingerprint density at radius 2 is 0.764 bits per heavy atom. The zero-order valence-electron chi connectivity index (χ0n) is 66.7. The van der Waals surface area contributed by atoms with Crippen LogP contribution in [-0.2, 0) is 84.3 Å². The molecule has 0 spiro atoms. The number of carbonyl (C=O) groups is 4. The van der Waals surface area contributed by atoms with E-state index in [0.29, 0.717) is 37.1 Å². The molecule has 5 aliphatic rings. The molecule has 5 fully saturated rings. The quantitative estimate of drug-likeness (QED) is 0.0254. The summed E-state index contributed by atoms with van der Waals surface area (Å²) in [6.07, 6.45) is -9.43. The molecular weight excluding hydrogens is 1350 g/mol. The first-order valence-corrected chi connectivity index (χ1v) is 40.0. The molecule has 19 nitrogen and oxygen atoms in total. The van der Waals surface area contributed by atoms with Gasteiger partial charge in [0.2, 0.25) is 0 Å². The Bertz CT molecular complexity index is 3300. The fourth-order valence-corrected chi connectivity index (χ4v) is 16.4. The molecule has 0 saturated carbocycles. The van der Waals surface area contributed by atoms with E-state index in [-0.39, 0.29) is 103 Å². The fraction of sp³-hybridized carbons (Fsp3) is 0.678. The highest BCUT2D eigenvalue weighted by molar-refractivity contribution is 5.90. The van der Waals surface area contributed by atoms with Crippen LogP contribution in [0, 0.1) is 76.9 Å². The molecule has 5 saturated heterocycles. The highest BCUT2D eigenvalue weighted by atomic mass is 16.8. The largest absolute Gasteiger partial charge is 0.457 e. The number of carbonyl (C=O) groups excluding carboxylic acids is 4. The number of benzene rings is 4. The maximum atomic E-state index is 14.8. The second-order valence-corrected chi connectivity index (χ2v) is 31.7. The molecule has 0 radical (unpaired) electrons. The maximum absolute atomic E-state index is 14.8. The number of hydrogen-bond donors (Lipinski definition) is 0. The lowest BCUT2D eigenvalue weighted by atomic mass is 9.77. The predicted octanol–water partition coefficient (Wildman–Crippen LogP) is 17.1. The van der Waals surface area contributed by atoms with Crippen molar-refractivity contribution in [1.29, 1.82) is 0 Å². The van der Waals surface area contributed by atoms with Crippen LogP contribution in [-0.4, -0.2) is 147 Å². The number of rotatable bonds is 32. The predicted molar refractivity (Wildman–Crippen MR) is 404 cm³/mol. The van der Waals surface area contributed by atoms with Crippen LogP contribution in [0.5, 0.6) is 0 Å². The molecule has 5 heterocycles. The summed E-state index contributed by atoms with van der Waals surface area (Å²) < 4.78 is 98.5. The monoisotopic (exact) mass is 1470 g/mol. The van der Waals surface area contributed by atoms with Crippen LogP contribution in [0.3, 0.4) is 0 Å². The molecule has 0 bridgehead atoms. The molecule has 0 N–H and O–H groups in total. The molecule has 30 atom stereocenters. The molecule has 11 unspecified atom stereocenters. The minimum Gasteiger partial charge on any atom is -0.457 e. The van der Waals surface area contributed by atoms with Crippen molar-refractivity contribution in [2.75, 3.05) is 13.2 Å². The van der Waals surface area contributed by atoms with Crippen LogP contribution in [0.25, 0.3) is 0 Å². The minimum absolute atomic E-state index is 0.0210. The van der Waals surface area contributed by atoms with Gasteiger partial charge in [-0.2, -0.15) is 0 Å². The van der Waals surface area contributed by atoms with Crippen molar-refractivity contribution < 1.29 is 85.5 Å². The zero-order valence-corrected chi connectivity index (χ0v) is 66.7. The van der Waals surface area contributed by atoms with E-state index in [2.05, 4.69) is 104 Å². The Labute approximate surface area is 633 Å². The third-order valence-corrected chi connectivity index (χ3v) is 24.7. The average molecular weight is 1470 g/mol. The standard InChI is InChI=1S/C87H127NO18/c1-20-50(6)69-54(10)58(14)75(82(99-69)93-47-37-46-88(48-64-38-29-25-30-39-64)87(92)94-49-65-40-31-26-32-41-65)105-85-78(60(16)56(12)71(101-85)52(8)22-3)106-83-76(95-63(19)89)61(17)57(13)73(103-83)68(24-5)96-86-79(98-81(91)67-44-35-28-36-45-67)74(62(18)72(102-86)53(9)23-4)104-84-77(97-80(90)66-42-33-27-34-43-66)59(15)55(11)70(100-84)51(7)21-2/h25-36,38-45,50-62,68-79,82-86H,20-24,37,46-49H2,1-19H3/t50-,51-,52-,53-,54+,55+,56+,57+,58+,59?,60+,61+,62-,68-,69?,70?,71?,72?,73?,74+,75?,76?,77?,78?,79?,82+,83-,84-,85-,86+/m1/s1. The van der Waals surface area contributed by atoms with Gasteiger partial charge in [-0.1, -0.05) is 247 Å². The SMILES string of the molecule is CC[C@@H](C)C1O[C@H](O[C@@H]2C(OC(=O)c3ccccc3)[C@@H](O[C@H](CC)C3O[C@H](OC4[C@@H](OC5[C@@H](OCCCN(Cc6ccccc6)C(=O)OCc6ccccc6)OC([C@H](C)CC)[C@@H](C)[C@@H]5C)OC([C@H](C)CC)[C@@H](C)[C@@H]4C)C(OC(C)=O)[C@@H](C)[C@@H]3C)OC([C@H](C)CC)[C@H]2C)C(OC(=O)c2ccccc2)C(C)[C@@H]1C. The number of ether oxygens (including phenoxy) is 14. The van der Waals surface area contributed by atoms with E-state index in [9.17, 15) is 19.2 Å². The summed E-state index contributed by atoms with van der Waals surface area (Å²) in [5.74, 6) is -2.77. The van der Waals surface area contributed by atoms with Gasteiger partial charge in [-0.05, 0) is 107 Å². The number of hydrogen-bond acceptors (Lipinski definition) is 18. The molecule has 1 amide bonds. The van der Waals surface area contributed by atoms with Gasteiger partial charge in [0.05, 0.1) is 54.4 Å². The van der Waals surface area contributed by atoms with E-state index in [0.717, 1.165) is 36.8 Å². The Morgan fingerprint density at radius 1 is 0.396 bits per heavy atom. The van der Waals surface area contributed by atoms with Crippen molar-refractivity contribution in [2.24, 2.45) is 76.9 Å². The fourth-order valence-electron chi connectivity index (χ4n) is 16.4. The van der Waals surface area contributed by atoms with Gasteiger partial charge in [-0.15, -0.1) is 0 Å². The van der Waals surface area contributed by atoms with E-state index in [4.69, 9.17) is 66.3 Å². The highest BCUT2D eigenvalue weighted by Crippen LogP contribution is 2.47. The number of esters is 3. The summed E-state index contributed by atoms with van der Waals surface area (Å²) >= 11 is 0. The summed E-state index contributed by atoms with van der Waals surface area (Å²) in [5.41, 5.74) is 2.60. The molecule has 9 rings (SSSR count). The van der Waals surface area contributed by atoms with Crippen LogP contribution >= 0.6 is 0 Å². The molecule has 4 aromatic carbocycles. The summed E-state index contributed by atoms with van der Waals surface area (Å²) in [5, 5.41) is 0. The van der Waals surface area contributed by atoms with E-state index in [1.807, 2.05) is 93.6 Å². The van der Waals surface area contributed by atoms with E-state index < -0.39 is 116 Å². The van der Waals surface area contributed by atoms with Gasteiger partial charge in [0.15, 0.2) is 49.8 Å². The lowest BCUT2D eigenvalue weighted by Gasteiger charge is -2.53. The smallest absolute Gasteiger partial charge is 0.410 e. The van der Waals surface area contributed by atoms with Gasteiger partial charge in [0.1, 0.15) is 24.9 Å². The molecule has 4 aromatic rings. The average Bonchev–Trinajstić information content (AvgIpc) is 0.766. The first-order chi connectivity index (χ1) is 50.8. The van der Waals surface area contributed by atoms with Crippen LogP contribution in [0.4, 0.5) is 4.79 Å². The molecule has 0 aromatic heterocycles. The summed E-state index contributed by atoms with van der Waals surface area (Å²) in [7, 11) is 0. The molecule has 0 aliphatic carbocycles.